The van der Waals surface area contributed by atoms with E-state index in [1.807, 2.05) is 0 Å². The van der Waals surface area contributed by atoms with Crippen LogP contribution in [0.5, 0.6) is 0 Å². The highest BCUT2D eigenvalue weighted by Crippen LogP contribution is 2.14. The van der Waals surface area contributed by atoms with Crippen LogP contribution < -0.4 is 0 Å². The highest BCUT2D eigenvalue weighted by atomic mass is 16.5. The van der Waals surface area contributed by atoms with E-state index in [1.54, 1.807) is 7.11 Å². The molecule has 0 radical (unpaired) electrons. The number of nitrogens with zero attached hydrogens (tertiary/aromatic N) is 2. The van der Waals surface area contributed by atoms with Crippen molar-refractivity contribution in [3.8, 4) is 0 Å². The second-order valence-electron chi connectivity index (χ2n) is 3.28. The molecule has 1 aliphatic rings. The van der Waals surface area contributed by atoms with Gasteiger partial charge in [0.2, 0.25) is 0 Å². The van der Waals surface area contributed by atoms with Crippen molar-refractivity contribution < 1.29 is 14.0 Å². The second-order valence-corrected chi connectivity index (χ2v) is 3.28. The normalized spacial score (nSPS) is 19.2. The van der Waals surface area contributed by atoms with E-state index in [0.717, 1.165) is 11.2 Å². The van der Waals surface area contributed by atoms with Crippen molar-refractivity contribution in [3.05, 3.63) is 5.41 Å². The number of ether oxygens (including phenoxy) is 1. The summed E-state index contributed by atoms with van der Waals surface area (Å²) in [7, 11) is 4.04. The van der Waals surface area contributed by atoms with Crippen LogP contribution in [0.15, 0.2) is 0 Å². The molecule has 0 spiro atoms. The van der Waals surface area contributed by atoms with E-state index in [9.17, 15) is 0 Å². The molecule has 1 heterocycles. The van der Waals surface area contributed by atoms with E-state index in [2.05, 4.69) is 7.05 Å². The minimum Gasteiger partial charge on any atom is -0.724 e. The van der Waals surface area contributed by atoms with Crippen LogP contribution in [-0.4, -0.2) is 44.5 Å². The first-order chi connectivity index (χ1) is 5.68. The molecule has 1 rings (SSSR count). The van der Waals surface area contributed by atoms with E-state index in [0.29, 0.717) is 6.08 Å². The highest BCUT2D eigenvalue weighted by Gasteiger charge is 2.25. The summed E-state index contributed by atoms with van der Waals surface area (Å²) in [4.78, 5) is 8.24. The number of rotatable bonds is 2. The lowest BCUT2D eigenvalue weighted by Crippen LogP contribution is -2.42. The van der Waals surface area contributed by atoms with Crippen LogP contribution >= 0.6 is 0 Å². The molecule has 0 aromatic carbocycles. The number of hydrogen-bond donors (Lipinski definition) is 0. The Bertz CT molecular complexity index is 147. The standard InChI is InChI=1S/C7H16NO.CNO/c1-8(7-9-2)5-3-4-6-8;2-1-3/h3-7H2,1-2H3;/q+1;-1. The summed E-state index contributed by atoms with van der Waals surface area (Å²) in [5.41, 5.74) is 0. The van der Waals surface area contributed by atoms with Crippen molar-refractivity contribution in [3.63, 3.8) is 0 Å². The fourth-order valence-corrected chi connectivity index (χ4v) is 1.54. The molecule has 0 saturated carbocycles. The summed E-state index contributed by atoms with van der Waals surface area (Å²) in [5, 5.41) is 6.76. The average molecular weight is 172 g/mol. The van der Waals surface area contributed by atoms with E-state index >= 15 is 0 Å². The molecule has 12 heavy (non-hydrogen) atoms. The quantitative estimate of drug-likeness (QED) is 0.350. The molecule has 4 heteroatoms. The van der Waals surface area contributed by atoms with Crippen molar-refractivity contribution in [2.75, 3.05) is 34.0 Å². The number of carbonyl (C=O) groups excluding carboxylic acids is 1. The molecule has 0 aromatic rings. The summed E-state index contributed by atoms with van der Waals surface area (Å²) >= 11 is 0. The third-order valence-electron chi connectivity index (χ3n) is 2.09. The molecule has 4 nitrogen and oxygen atoms in total. The Morgan fingerprint density at radius 2 is 1.92 bits per heavy atom. The topological polar surface area (TPSA) is 48.6 Å². The van der Waals surface area contributed by atoms with Crippen LogP contribution in [0.3, 0.4) is 0 Å². The van der Waals surface area contributed by atoms with Gasteiger partial charge in [-0.05, 0) is 6.08 Å². The SMILES string of the molecule is COC[N+]1(C)CCCC1.[N-]=C=O. The molecule has 1 aliphatic heterocycles. The minimum absolute atomic E-state index is 0.500. The zero-order valence-corrected chi connectivity index (χ0v) is 7.75. The molecule has 70 valence electrons. The lowest BCUT2D eigenvalue weighted by Gasteiger charge is -2.27. The summed E-state index contributed by atoms with van der Waals surface area (Å²) in [5.74, 6) is 0. The van der Waals surface area contributed by atoms with Gasteiger partial charge in [-0.3, -0.25) is 4.79 Å². The Morgan fingerprint density at radius 3 is 2.25 bits per heavy atom. The Balaban J connectivity index is 0.000000354. The fraction of sp³-hybridized carbons (Fsp3) is 0.875. The third-order valence-corrected chi connectivity index (χ3v) is 2.09. The summed E-state index contributed by atoms with van der Waals surface area (Å²) in [6.45, 7) is 3.49. The summed E-state index contributed by atoms with van der Waals surface area (Å²) in [6.07, 6.45) is 3.25. The molecule has 1 saturated heterocycles. The number of methoxy groups -OCH3 is 1. The summed E-state index contributed by atoms with van der Waals surface area (Å²) < 4.78 is 6.22. The third kappa shape index (κ3) is 4.23. The zero-order valence-electron chi connectivity index (χ0n) is 7.75. The van der Waals surface area contributed by atoms with Crippen LogP contribution in [0.1, 0.15) is 12.8 Å². The van der Waals surface area contributed by atoms with Crippen LogP contribution in [-0.2, 0) is 9.53 Å². The second kappa shape index (κ2) is 5.89. The maximum Gasteiger partial charge on any atom is 0.182 e. The Hall–Kier alpha value is -0.700. The Labute approximate surface area is 73.2 Å². The van der Waals surface area contributed by atoms with Gasteiger partial charge in [-0.1, -0.05) is 0 Å². The predicted molar refractivity (Wildman–Crippen MR) is 46.1 cm³/mol. The van der Waals surface area contributed by atoms with Gasteiger partial charge in [0.15, 0.2) is 6.73 Å². The number of hydrogen-bond acceptors (Lipinski definition) is 2. The maximum atomic E-state index is 8.24. The van der Waals surface area contributed by atoms with Gasteiger partial charge in [0.1, 0.15) is 0 Å². The fourth-order valence-electron chi connectivity index (χ4n) is 1.54. The summed E-state index contributed by atoms with van der Waals surface area (Å²) in [6, 6.07) is 0. The first-order valence-electron chi connectivity index (χ1n) is 4.02. The lowest BCUT2D eigenvalue weighted by molar-refractivity contribution is -0.916. The molecular formula is C8H16N2O2. The largest absolute Gasteiger partial charge is 0.724 e. The van der Waals surface area contributed by atoms with Crippen molar-refractivity contribution in [1.29, 1.82) is 0 Å². The van der Waals surface area contributed by atoms with Crippen LogP contribution in [0.25, 0.3) is 5.41 Å². The molecular weight excluding hydrogens is 156 g/mol. The van der Waals surface area contributed by atoms with Crippen LogP contribution in [0.2, 0.25) is 0 Å². The molecule has 0 N–H and O–H groups in total. The minimum atomic E-state index is 0.500. The van der Waals surface area contributed by atoms with Gasteiger partial charge in [-0.25, -0.2) is 0 Å². The Kier molecular flexibility index (Phi) is 5.54. The van der Waals surface area contributed by atoms with Crippen molar-refractivity contribution in [2.45, 2.75) is 12.8 Å². The number of quaternary nitrogens is 1. The molecule has 0 aliphatic carbocycles. The van der Waals surface area contributed by atoms with E-state index in [4.69, 9.17) is 14.9 Å². The van der Waals surface area contributed by atoms with Gasteiger partial charge in [-0.15, -0.1) is 0 Å². The first-order valence-corrected chi connectivity index (χ1v) is 4.02. The Morgan fingerprint density at radius 1 is 1.50 bits per heavy atom. The van der Waals surface area contributed by atoms with Crippen molar-refractivity contribution in [1.82, 2.24) is 0 Å². The van der Waals surface area contributed by atoms with Crippen molar-refractivity contribution >= 4 is 6.08 Å². The van der Waals surface area contributed by atoms with Gasteiger partial charge >= 0.3 is 0 Å². The molecule has 0 unspecified atom stereocenters. The molecule has 0 aromatic heterocycles. The van der Waals surface area contributed by atoms with Gasteiger partial charge in [0, 0.05) is 20.0 Å². The monoisotopic (exact) mass is 172 g/mol. The molecule has 0 amide bonds. The average Bonchev–Trinajstić information content (AvgIpc) is 2.38. The van der Waals surface area contributed by atoms with Crippen molar-refractivity contribution in [2.24, 2.45) is 0 Å². The van der Waals surface area contributed by atoms with E-state index < -0.39 is 0 Å². The first kappa shape index (κ1) is 11.3. The molecule has 0 bridgehead atoms. The lowest BCUT2D eigenvalue weighted by atomic mass is 10.4. The van der Waals surface area contributed by atoms with Crippen LogP contribution in [0.4, 0.5) is 0 Å². The maximum absolute atomic E-state index is 8.24. The molecule has 0 atom stereocenters. The van der Waals surface area contributed by atoms with Crippen LogP contribution in [0, 0.1) is 0 Å². The predicted octanol–water partition coefficient (Wildman–Crippen LogP) is 0.722. The van der Waals surface area contributed by atoms with E-state index in [1.165, 1.54) is 25.9 Å². The number of isocyanates is 1. The highest BCUT2D eigenvalue weighted by molar-refractivity contribution is 5.36. The van der Waals surface area contributed by atoms with Gasteiger partial charge in [0.25, 0.3) is 0 Å². The van der Waals surface area contributed by atoms with Gasteiger partial charge in [-0.2, -0.15) is 0 Å². The zero-order chi connectivity index (χ0) is 9.45. The van der Waals surface area contributed by atoms with E-state index in [-0.39, 0.29) is 0 Å². The smallest absolute Gasteiger partial charge is 0.182 e. The number of likely N-dealkylation sites (tertiary alicyclic amines) is 1. The van der Waals surface area contributed by atoms with Gasteiger partial charge in [0.05, 0.1) is 20.1 Å². The molecule has 1 fully saturated rings. The van der Waals surface area contributed by atoms with Gasteiger partial charge < -0.3 is 14.6 Å².